The van der Waals surface area contributed by atoms with Crippen LogP contribution in [0.1, 0.15) is 305 Å². The van der Waals surface area contributed by atoms with E-state index in [0.717, 1.165) is 29.3 Å². The zero-order chi connectivity index (χ0) is 78.1. The van der Waals surface area contributed by atoms with E-state index in [-0.39, 0.29) is 103 Å². The lowest BCUT2D eigenvalue weighted by Crippen LogP contribution is -2.52. The average Bonchev–Trinajstić information content (AvgIpc) is 1.59. The van der Waals surface area contributed by atoms with Crippen LogP contribution in [-0.2, 0) is 14.2 Å². The predicted octanol–water partition coefficient (Wildman–Crippen LogP) is 21.2. The summed E-state index contributed by atoms with van der Waals surface area (Å²) in [5, 5.41) is 3.62. The molecule has 0 N–H and O–H groups in total. The van der Waals surface area contributed by atoms with Gasteiger partial charge in [0.05, 0.1) is 82.2 Å². The minimum atomic E-state index is -0.142. The molecule has 0 spiro atoms. The first-order valence-corrected chi connectivity index (χ1v) is 37.9. The highest BCUT2D eigenvalue weighted by Crippen LogP contribution is 2.55. The van der Waals surface area contributed by atoms with Crippen molar-refractivity contribution in [3.63, 3.8) is 0 Å². The van der Waals surface area contributed by atoms with Crippen molar-refractivity contribution in [2.75, 3.05) is 35.2 Å². The summed E-state index contributed by atoms with van der Waals surface area (Å²) in [5.74, 6) is 4.61. The molecule has 14 nitrogen and oxygen atoms in total. The fourth-order valence-corrected chi connectivity index (χ4v) is 15.6. The summed E-state index contributed by atoms with van der Waals surface area (Å²) >= 11 is 5.63. The number of thioether (sulfide) groups is 3. The lowest BCUT2D eigenvalue weighted by atomic mass is 9.60. The molecule has 9 aliphatic heterocycles. The van der Waals surface area contributed by atoms with E-state index in [9.17, 15) is 0 Å². The monoisotopic (exact) mass is 1410 g/mol. The van der Waals surface area contributed by atoms with Crippen LogP contribution in [-0.4, -0.2) is 185 Å². The van der Waals surface area contributed by atoms with Crippen LogP contribution in [0.4, 0.5) is 0 Å². The van der Waals surface area contributed by atoms with Gasteiger partial charge in [-0.05, 0) is 275 Å². The Bertz CT molecular complexity index is 2800. The molecule has 9 heterocycles. The Labute approximate surface area is 612 Å². The van der Waals surface area contributed by atoms with E-state index in [1.165, 1.54) is 20.8 Å². The number of likely N-dealkylation sites (N-methyl/N-ethyl adjacent to an activating group) is 4. The number of nitrogens with zero attached hydrogens (tertiary/aromatic N) is 11. The molecule has 3 fully saturated rings. The Morgan fingerprint density at radius 1 is 0.299 bits per heavy atom. The molecule has 0 atom stereocenters. The molecule has 17 heteroatoms. The zero-order valence-corrected chi connectivity index (χ0v) is 74.9. The third-order valence-electron chi connectivity index (χ3n) is 27.0. The standard InChI is InChI=1S/C11H21N.C10H20N2.C9H18N2.C9H17NO.C9H17NS.2C8H15NO.2C8H15NS/c1-8-9(2,3)10(4,5)11(6,7)12-8;1-8-11(6)9(2,3)10(4,5)12(8)7;1-7-10-8(2,3)9(4,5)11(7)6;2*1-7-10(6)8(2,3)9(4,5)11-7;4*1-6-9-7(2,3)8(4,5)10-6/h1-7H3;1H2,2-7H3;1-6H3;2*1H2,2-6H3;4*1-5H3. The molecular formula is C80H153N11O3S3. The predicted molar refractivity (Wildman–Crippen MR) is 438 cm³/mol. The van der Waals surface area contributed by atoms with Crippen LogP contribution in [0.15, 0.2) is 66.4 Å². The maximum Gasteiger partial charge on any atom is 0.182 e. The smallest absolute Gasteiger partial charge is 0.182 e. The lowest BCUT2D eigenvalue weighted by molar-refractivity contribution is 0.0325. The Balaban J connectivity index is 0.000000546. The Morgan fingerprint density at radius 2 is 0.639 bits per heavy atom. The van der Waals surface area contributed by atoms with Crippen LogP contribution >= 0.6 is 35.3 Å². The van der Waals surface area contributed by atoms with Gasteiger partial charge in [0, 0.05) is 80.0 Å². The number of rotatable bonds is 0. The first kappa shape index (κ1) is 91.7. The number of hydrogen-bond acceptors (Lipinski definition) is 17. The van der Waals surface area contributed by atoms with Gasteiger partial charge in [0.1, 0.15) is 16.8 Å². The molecule has 3 saturated heterocycles. The SMILES string of the molecule is C=C1N(C)C(C)(C)C(C)(C)N1C.C=C1OC(C)(C)C(C)(C)N1C.C=C1SC(C)(C)C(C)(C)N1C.CC1=NC(C)(C)C(C)(C)C1(C)C.CC1=NC(C)(C)C(C)(C)N1C.CC1=NC(C)(C)C(C)(C)O1.CC1=NC(C)(C)C(C)(C)O1.CC1=NC(C)(C)C(C)(C)S1.CC1=NC(C)(C)C(C)(C)S1. The van der Waals surface area contributed by atoms with Gasteiger partial charge < -0.3 is 38.7 Å². The van der Waals surface area contributed by atoms with Crippen molar-refractivity contribution in [3.05, 3.63) is 36.5 Å². The topological polar surface area (TPSA) is 118 Å². The second kappa shape index (κ2) is 28.7. The molecule has 0 aromatic rings. The third kappa shape index (κ3) is 18.6. The minimum Gasteiger partial charge on any atom is -0.473 e. The third-order valence-corrected chi connectivity index (χ3v) is 31.3. The summed E-state index contributed by atoms with van der Waals surface area (Å²) in [4.78, 5) is 38.2. The summed E-state index contributed by atoms with van der Waals surface area (Å²) in [5.41, 5.74) is 2.27. The van der Waals surface area contributed by atoms with Crippen molar-refractivity contribution in [3.8, 4) is 0 Å². The number of aliphatic imine (C=N–C) groups is 6. The molecule has 0 saturated carbocycles. The van der Waals surface area contributed by atoms with Gasteiger partial charge in [-0.1, -0.05) is 40.9 Å². The van der Waals surface area contributed by atoms with Crippen molar-refractivity contribution in [1.29, 1.82) is 0 Å². The molecule has 97 heavy (non-hydrogen) atoms. The first-order chi connectivity index (χ1) is 42.1. The number of ether oxygens (including phenoxy) is 3. The van der Waals surface area contributed by atoms with E-state index in [2.05, 4.69) is 388 Å². The Hall–Kier alpha value is -3.31. The summed E-state index contributed by atoms with van der Waals surface area (Å²) in [6.07, 6.45) is 0. The fraction of sp³-hybridized carbons (Fsp3) is 0.850. The molecule has 0 bridgehead atoms. The molecule has 9 aliphatic rings. The Morgan fingerprint density at radius 3 is 0.711 bits per heavy atom. The molecule has 0 radical (unpaired) electrons. The quantitative estimate of drug-likeness (QED) is 0.231. The van der Waals surface area contributed by atoms with Crippen LogP contribution < -0.4 is 0 Å². The summed E-state index contributed by atoms with van der Waals surface area (Å²) in [6, 6.07) is 0. The van der Waals surface area contributed by atoms with Gasteiger partial charge in [0.2, 0.25) is 0 Å². The summed E-state index contributed by atoms with van der Waals surface area (Å²) in [7, 11) is 10.4. The molecule has 0 unspecified atom stereocenters. The van der Waals surface area contributed by atoms with Gasteiger partial charge in [0.15, 0.2) is 17.7 Å². The second-order valence-electron chi connectivity index (χ2n) is 38.0. The van der Waals surface area contributed by atoms with E-state index in [1.54, 1.807) is 0 Å². The average molecular weight is 1410 g/mol. The van der Waals surface area contributed by atoms with Gasteiger partial charge in [-0.15, -0.1) is 35.3 Å². The molecule has 564 valence electrons. The van der Waals surface area contributed by atoms with Gasteiger partial charge in [-0.3, -0.25) is 20.0 Å². The zero-order valence-electron chi connectivity index (χ0n) is 72.5. The highest BCUT2D eigenvalue weighted by molar-refractivity contribution is 8.15. The Kier molecular flexibility index (Phi) is 27.2. The second-order valence-corrected chi connectivity index (χ2v) is 43.3. The van der Waals surface area contributed by atoms with Crippen molar-refractivity contribution in [1.82, 2.24) is 24.5 Å². The van der Waals surface area contributed by atoms with Gasteiger partial charge >= 0.3 is 0 Å². The van der Waals surface area contributed by atoms with Crippen LogP contribution in [0.25, 0.3) is 0 Å². The lowest BCUT2D eigenvalue weighted by Gasteiger charge is -2.43. The maximum absolute atomic E-state index is 5.61. The van der Waals surface area contributed by atoms with Crippen molar-refractivity contribution in [2.45, 2.75) is 397 Å². The molecule has 0 aromatic heterocycles. The van der Waals surface area contributed by atoms with Crippen LogP contribution in [0.5, 0.6) is 0 Å². The largest absolute Gasteiger partial charge is 0.473 e. The van der Waals surface area contributed by atoms with Crippen LogP contribution in [0.2, 0.25) is 0 Å². The van der Waals surface area contributed by atoms with Gasteiger partial charge in [0.25, 0.3) is 0 Å². The van der Waals surface area contributed by atoms with Gasteiger partial charge in [-0.2, -0.15) is 0 Å². The van der Waals surface area contributed by atoms with Crippen molar-refractivity contribution in [2.24, 2.45) is 40.8 Å². The molecule has 0 aliphatic carbocycles. The molecule has 9 rings (SSSR count). The van der Waals surface area contributed by atoms with Crippen molar-refractivity contribution < 1.29 is 14.2 Å². The highest BCUT2D eigenvalue weighted by Gasteiger charge is 2.56. The number of hydrogen-bond donors (Lipinski definition) is 0. The van der Waals surface area contributed by atoms with Crippen molar-refractivity contribution >= 4 is 68.7 Å². The summed E-state index contributed by atoms with van der Waals surface area (Å²) in [6.45, 7) is 107. The van der Waals surface area contributed by atoms with E-state index in [0.29, 0.717) is 0 Å². The molecular weight excluding hydrogens is 1260 g/mol. The minimum absolute atomic E-state index is 0.0318. The molecule has 0 amide bonds. The van der Waals surface area contributed by atoms with Crippen LogP contribution in [0.3, 0.4) is 0 Å². The highest BCUT2D eigenvalue weighted by atomic mass is 32.2. The van der Waals surface area contributed by atoms with E-state index in [1.807, 2.05) is 56.2 Å². The first-order valence-electron chi connectivity index (χ1n) is 35.4. The fourth-order valence-electron chi connectivity index (χ4n) is 11.6. The van der Waals surface area contributed by atoms with E-state index in [4.69, 9.17) is 19.2 Å². The van der Waals surface area contributed by atoms with Crippen LogP contribution in [0, 0.1) is 10.8 Å². The summed E-state index contributed by atoms with van der Waals surface area (Å²) < 4.78 is 17.5. The number of amidine groups is 1. The molecule has 0 aromatic carbocycles. The normalized spacial score (nSPS) is 27.8. The maximum atomic E-state index is 5.61. The van der Waals surface area contributed by atoms with Gasteiger partial charge in [-0.25, -0.2) is 9.98 Å². The van der Waals surface area contributed by atoms with E-state index < -0.39 is 0 Å². The van der Waals surface area contributed by atoms with E-state index >= 15 is 0 Å².